The summed E-state index contributed by atoms with van der Waals surface area (Å²) in [5.74, 6) is -0.0771. The smallest absolute Gasteiger partial charge is 0.305 e. The Balaban J connectivity index is 1.68. The van der Waals surface area contributed by atoms with Gasteiger partial charge in [0, 0.05) is 19.0 Å². The Labute approximate surface area is 117 Å². The third-order valence-electron chi connectivity index (χ3n) is 4.47. The van der Waals surface area contributed by atoms with Gasteiger partial charge < -0.3 is 9.64 Å². The van der Waals surface area contributed by atoms with Crippen LogP contribution in [-0.4, -0.2) is 61.6 Å². The zero-order valence-corrected chi connectivity index (χ0v) is 12.3. The van der Waals surface area contributed by atoms with Crippen molar-refractivity contribution in [2.24, 2.45) is 0 Å². The highest BCUT2D eigenvalue weighted by molar-refractivity contribution is 5.69. The summed E-state index contributed by atoms with van der Waals surface area (Å²) < 4.78 is 4.70. The molecule has 2 fully saturated rings. The van der Waals surface area contributed by atoms with Gasteiger partial charge in [-0.2, -0.15) is 0 Å². The van der Waals surface area contributed by atoms with Gasteiger partial charge >= 0.3 is 5.97 Å². The van der Waals surface area contributed by atoms with Crippen LogP contribution in [0.2, 0.25) is 0 Å². The van der Waals surface area contributed by atoms with E-state index in [4.69, 9.17) is 4.74 Å². The Bertz CT molecular complexity index is 277. The number of hydrogen-bond acceptors (Lipinski definition) is 4. The molecule has 4 nitrogen and oxygen atoms in total. The molecule has 0 aliphatic carbocycles. The number of piperidine rings is 1. The highest BCUT2D eigenvalue weighted by Crippen LogP contribution is 2.20. The molecule has 110 valence electrons. The molecule has 0 aromatic rings. The maximum Gasteiger partial charge on any atom is 0.305 e. The molecule has 19 heavy (non-hydrogen) atoms. The van der Waals surface area contributed by atoms with Crippen molar-refractivity contribution in [3.8, 4) is 0 Å². The molecule has 0 amide bonds. The second-order valence-electron chi connectivity index (χ2n) is 5.87. The maximum absolute atomic E-state index is 11.1. The van der Waals surface area contributed by atoms with Crippen LogP contribution < -0.4 is 0 Å². The molecule has 2 saturated heterocycles. The lowest BCUT2D eigenvalue weighted by molar-refractivity contribution is -0.140. The standard InChI is InChI=1S/C15H28N2O2/c1-19-15(18)8-6-12-17-11-5-7-14(17)13-16-9-3-2-4-10-16/h14H,2-13H2,1H3. The van der Waals surface area contributed by atoms with E-state index in [0.717, 1.165) is 19.0 Å². The molecule has 0 radical (unpaired) electrons. The second-order valence-corrected chi connectivity index (χ2v) is 5.87. The first-order valence-electron chi connectivity index (χ1n) is 7.83. The van der Waals surface area contributed by atoms with Crippen LogP contribution in [-0.2, 0) is 9.53 Å². The lowest BCUT2D eigenvalue weighted by Crippen LogP contribution is -2.42. The molecule has 0 aromatic carbocycles. The Morgan fingerprint density at radius 1 is 1.16 bits per heavy atom. The first kappa shape index (κ1) is 14.8. The summed E-state index contributed by atoms with van der Waals surface area (Å²) in [6, 6.07) is 0.718. The number of nitrogens with zero attached hydrogens (tertiary/aromatic N) is 2. The van der Waals surface area contributed by atoms with Crippen LogP contribution >= 0.6 is 0 Å². The largest absolute Gasteiger partial charge is 0.469 e. The Morgan fingerprint density at radius 2 is 1.95 bits per heavy atom. The number of methoxy groups -OCH3 is 1. The van der Waals surface area contributed by atoms with Crippen molar-refractivity contribution >= 4 is 5.97 Å². The fraction of sp³-hybridized carbons (Fsp3) is 0.933. The van der Waals surface area contributed by atoms with E-state index in [1.54, 1.807) is 0 Å². The van der Waals surface area contributed by atoms with Crippen LogP contribution in [0.1, 0.15) is 44.9 Å². The van der Waals surface area contributed by atoms with Crippen molar-refractivity contribution < 1.29 is 9.53 Å². The molecule has 1 unspecified atom stereocenters. The summed E-state index contributed by atoms with van der Waals surface area (Å²) in [7, 11) is 1.47. The molecule has 0 bridgehead atoms. The van der Waals surface area contributed by atoms with E-state index in [0.29, 0.717) is 6.42 Å². The van der Waals surface area contributed by atoms with Gasteiger partial charge in [-0.3, -0.25) is 9.69 Å². The van der Waals surface area contributed by atoms with Gasteiger partial charge in [-0.1, -0.05) is 6.42 Å². The third kappa shape index (κ3) is 4.77. The van der Waals surface area contributed by atoms with Crippen molar-refractivity contribution in [3.05, 3.63) is 0 Å². The van der Waals surface area contributed by atoms with E-state index in [2.05, 4.69) is 9.80 Å². The number of hydrogen-bond donors (Lipinski definition) is 0. The van der Waals surface area contributed by atoms with Gasteiger partial charge in [-0.15, -0.1) is 0 Å². The highest BCUT2D eigenvalue weighted by atomic mass is 16.5. The third-order valence-corrected chi connectivity index (χ3v) is 4.47. The molecule has 2 heterocycles. The van der Waals surface area contributed by atoms with E-state index in [1.807, 2.05) is 0 Å². The summed E-state index contributed by atoms with van der Waals surface area (Å²) in [5, 5.41) is 0. The van der Waals surface area contributed by atoms with Crippen molar-refractivity contribution in [2.75, 3.05) is 39.8 Å². The molecule has 0 spiro atoms. The summed E-state index contributed by atoms with van der Waals surface area (Å²) in [4.78, 5) is 16.3. The van der Waals surface area contributed by atoms with Crippen molar-refractivity contribution in [1.82, 2.24) is 9.80 Å². The normalized spacial score (nSPS) is 25.6. The van der Waals surface area contributed by atoms with Gasteiger partial charge in [0.2, 0.25) is 0 Å². The minimum absolute atomic E-state index is 0.0771. The monoisotopic (exact) mass is 268 g/mol. The predicted octanol–water partition coefficient (Wildman–Crippen LogP) is 1.89. The second kappa shape index (κ2) is 7.85. The number of likely N-dealkylation sites (tertiary alicyclic amines) is 2. The molecule has 0 N–H and O–H groups in total. The lowest BCUT2D eigenvalue weighted by Gasteiger charge is -2.33. The minimum atomic E-state index is -0.0771. The zero-order chi connectivity index (χ0) is 13.5. The average molecular weight is 268 g/mol. The van der Waals surface area contributed by atoms with E-state index < -0.39 is 0 Å². The zero-order valence-electron chi connectivity index (χ0n) is 12.3. The fourth-order valence-electron chi connectivity index (χ4n) is 3.36. The van der Waals surface area contributed by atoms with E-state index >= 15 is 0 Å². The first-order valence-corrected chi connectivity index (χ1v) is 7.83. The topological polar surface area (TPSA) is 32.8 Å². The van der Waals surface area contributed by atoms with E-state index in [9.17, 15) is 4.79 Å². The van der Waals surface area contributed by atoms with Gasteiger partial charge in [0.1, 0.15) is 0 Å². The molecule has 4 heteroatoms. The van der Waals surface area contributed by atoms with Gasteiger partial charge in [-0.25, -0.2) is 0 Å². The Kier molecular flexibility index (Phi) is 6.11. The molecule has 1 atom stereocenters. The number of carbonyl (C=O) groups excluding carboxylic acids is 1. The van der Waals surface area contributed by atoms with Crippen LogP contribution in [0.4, 0.5) is 0 Å². The van der Waals surface area contributed by atoms with Crippen molar-refractivity contribution in [3.63, 3.8) is 0 Å². The molecule has 0 saturated carbocycles. The number of carbonyl (C=O) groups is 1. The Morgan fingerprint density at radius 3 is 2.68 bits per heavy atom. The number of esters is 1. The number of ether oxygens (including phenoxy) is 1. The number of rotatable bonds is 6. The van der Waals surface area contributed by atoms with Crippen LogP contribution in [0.25, 0.3) is 0 Å². The van der Waals surface area contributed by atoms with Gasteiger partial charge in [0.05, 0.1) is 7.11 Å². The van der Waals surface area contributed by atoms with E-state index in [1.165, 1.54) is 65.4 Å². The molecular formula is C15H28N2O2. The van der Waals surface area contributed by atoms with Crippen molar-refractivity contribution in [1.29, 1.82) is 0 Å². The van der Waals surface area contributed by atoms with Gasteiger partial charge in [-0.05, 0) is 58.3 Å². The molecule has 2 aliphatic rings. The summed E-state index contributed by atoms with van der Waals surface area (Å²) >= 11 is 0. The highest BCUT2D eigenvalue weighted by Gasteiger charge is 2.26. The average Bonchev–Trinajstić information content (AvgIpc) is 2.87. The Hall–Kier alpha value is -0.610. The predicted molar refractivity (Wildman–Crippen MR) is 76.1 cm³/mol. The molecule has 0 aromatic heterocycles. The fourth-order valence-corrected chi connectivity index (χ4v) is 3.36. The van der Waals surface area contributed by atoms with E-state index in [-0.39, 0.29) is 5.97 Å². The summed E-state index contributed by atoms with van der Waals surface area (Å²) in [5.41, 5.74) is 0. The van der Waals surface area contributed by atoms with Crippen LogP contribution in [0.15, 0.2) is 0 Å². The molecular weight excluding hydrogens is 240 g/mol. The van der Waals surface area contributed by atoms with Crippen molar-refractivity contribution in [2.45, 2.75) is 51.0 Å². The SMILES string of the molecule is COC(=O)CCCN1CCCC1CN1CCCCC1. The lowest BCUT2D eigenvalue weighted by atomic mass is 10.1. The van der Waals surface area contributed by atoms with Gasteiger partial charge in [0.15, 0.2) is 0 Å². The minimum Gasteiger partial charge on any atom is -0.469 e. The van der Waals surface area contributed by atoms with Crippen LogP contribution in [0, 0.1) is 0 Å². The molecule has 2 rings (SSSR count). The van der Waals surface area contributed by atoms with Crippen LogP contribution in [0.3, 0.4) is 0 Å². The maximum atomic E-state index is 11.1. The first-order chi connectivity index (χ1) is 9.29. The summed E-state index contributed by atoms with van der Waals surface area (Å²) in [6.45, 7) is 6.06. The van der Waals surface area contributed by atoms with Gasteiger partial charge in [0.25, 0.3) is 0 Å². The molecule has 2 aliphatic heterocycles. The van der Waals surface area contributed by atoms with Crippen LogP contribution in [0.5, 0.6) is 0 Å². The summed E-state index contributed by atoms with van der Waals surface area (Å²) in [6.07, 6.45) is 8.28. The quantitative estimate of drug-likeness (QED) is 0.689.